The number of nitrogens with two attached hydrogens (primary N) is 1. The van der Waals surface area contributed by atoms with Crippen LogP contribution in [-0.2, 0) is 10.0 Å². The molecule has 0 spiro atoms. The Labute approximate surface area is 105 Å². The Morgan fingerprint density at radius 3 is 2.78 bits per heavy atom. The molecular formula is C11H15FN2O3S. The molecule has 1 heterocycles. The van der Waals surface area contributed by atoms with Gasteiger partial charge in [-0.15, -0.1) is 0 Å². The van der Waals surface area contributed by atoms with Crippen LogP contribution in [-0.4, -0.2) is 37.0 Å². The van der Waals surface area contributed by atoms with Gasteiger partial charge in [0.25, 0.3) is 0 Å². The summed E-state index contributed by atoms with van der Waals surface area (Å²) < 4.78 is 38.7. The number of rotatable bonds is 2. The van der Waals surface area contributed by atoms with Gasteiger partial charge in [-0.1, -0.05) is 0 Å². The van der Waals surface area contributed by atoms with E-state index in [0.29, 0.717) is 19.4 Å². The van der Waals surface area contributed by atoms with Crippen molar-refractivity contribution in [1.82, 2.24) is 4.31 Å². The van der Waals surface area contributed by atoms with Crippen LogP contribution >= 0.6 is 0 Å². The quantitative estimate of drug-likeness (QED) is 0.772. The predicted molar refractivity (Wildman–Crippen MR) is 64.8 cm³/mol. The first-order valence-electron chi connectivity index (χ1n) is 5.64. The van der Waals surface area contributed by atoms with Gasteiger partial charge in [-0.25, -0.2) is 12.8 Å². The van der Waals surface area contributed by atoms with Gasteiger partial charge in [0.2, 0.25) is 10.0 Å². The predicted octanol–water partition coefficient (Wildman–Crippen LogP) is 0.553. The molecule has 0 amide bonds. The van der Waals surface area contributed by atoms with Crippen molar-refractivity contribution in [2.75, 3.05) is 18.8 Å². The second-order valence-electron chi connectivity index (χ2n) is 4.34. The molecule has 5 nitrogen and oxygen atoms in total. The minimum atomic E-state index is -3.71. The fourth-order valence-corrected chi connectivity index (χ4v) is 3.52. The lowest BCUT2D eigenvalue weighted by Gasteiger charge is -2.29. The van der Waals surface area contributed by atoms with E-state index in [1.165, 1.54) is 10.4 Å². The first kappa shape index (κ1) is 13.3. The zero-order valence-electron chi connectivity index (χ0n) is 9.71. The summed E-state index contributed by atoms with van der Waals surface area (Å²) in [6.45, 7) is 0.427. The third-order valence-electron chi connectivity index (χ3n) is 2.96. The molecule has 1 aromatic carbocycles. The van der Waals surface area contributed by atoms with Gasteiger partial charge < -0.3 is 10.8 Å². The van der Waals surface area contributed by atoms with Crippen molar-refractivity contribution in [3.05, 3.63) is 24.0 Å². The van der Waals surface area contributed by atoms with Crippen LogP contribution in [0.2, 0.25) is 0 Å². The second kappa shape index (κ2) is 4.83. The summed E-state index contributed by atoms with van der Waals surface area (Å²) in [6.07, 6.45) is 0.556. The van der Waals surface area contributed by atoms with Crippen LogP contribution in [0.1, 0.15) is 12.8 Å². The molecule has 3 N–H and O–H groups in total. The van der Waals surface area contributed by atoms with Gasteiger partial charge in [-0.2, -0.15) is 4.31 Å². The molecule has 1 unspecified atom stereocenters. The molecule has 0 radical (unpaired) electrons. The van der Waals surface area contributed by atoms with Crippen LogP contribution in [0.5, 0.6) is 0 Å². The minimum Gasteiger partial charge on any atom is -0.396 e. The number of nitrogens with zero attached hydrogens (tertiary/aromatic N) is 1. The monoisotopic (exact) mass is 274 g/mol. The Hall–Kier alpha value is -1.18. The average molecular weight is 274 g/mol. The van der Waals surface area contributed by atoms with Gasteiger partial charge in [0.1, 0.15) is 5.82 Å². The lowest BCUT2D eigenvalue weighted by atomic mass is 10.1. The molecule has 0 saturated carbocycles. The van der Waals surface area contributed by atoms with E-state index in [1.807, 2.05) is 0 Å². The molecule has 1 atom stereocenters. The van der Waals surface area contributed by atoms with E-state index in [1.54, 1.807) is 0 Å². The number of halogens is 1. The number of aliphatic hydroxyl groups is 1. The van der Waals surface area contributed by atoms with Crippen molar-refractivity contribution in [3.63, 3.8) is 0 Å². The maximum absolute atomic E-state index is 13.0. The average Bonchev–Trinajstić information content (AvgIpc) is 2.32. The zero-order chi connectivity index (χ0) is 13.3. The number of hydrogen-bond acceptors (Lipinski definition) is 4. The molecule has 1 aromatic rings. The Morgan fingerprint density at radius 2 is 2.17 bits per heavy atom. The van der Waals surface area contributed by atoms with Gasteiger partial charge in [-0.05, 0) is 31.0 Å². The summed E-state index contributed by atoms with van der Waals surface area (Å²) in [4.78, 5) is -0.0458. The number of aliphatic hydroxyl groups excluding tert-OH is 1. The van der Waals surface area contributed by atoms with E-state index >= 15 is 0 Å². The van der Waals surface area contributed by atoms with Crippen LogP contribution in [0, 0.1) is 5.82 Å². The lowest BCUT2D eigenvalue weighted by Crippen LogP contribution is -2.42. The van der Waals surface area contributed by atoms with Crippen LogP contribution < -0.4 is 5.73 Å². The Kier molecular flexibility index (Phi) is 3.56. The number of sulfonamides is 1. The molecule has 1 saturated heterocycles. The number of nitrogen functional groups attached to an aromatic ring is 1. The third-order valence-corrected chi connectivity index (χ3v) is 4.83. The number of β-amino-alcohol motifs (C(OH)–C–C–N with tert-alkyl or cyclic N) is 1. The van der Waals surface area contributed by atoms with Crippen LogP contribution in [0.15, 0.2) is 23.1 Å². The van der Waals surface area contributed by atoms with Gasteiger partial charge >= 0.3 is 0 Å². The number of hydrogen-bond donors (Lipinski definition) is 2. The molecule has 1 aliphatic heterocycles. The Balaban J connectivity index is 2.32. The molecule has 100 valence electrons. The van der Waals surface area contributed by atoms with E-state index in [2.05, 4.69) is 0 Å². The standard InChI is InChI=1S/C11H15FN2O3S/c12-10-4-3-9(6-11(10)13)18(16,17)14-5-1-2-8(15)7-14/h3-4,6,8,15H,1-2,5,7,13H2. The SMILES string of the molecule is Nc1cc(S(=O)(=O)N2CCCC(O)C2)ccc1F. The van der Waals surface area contributed by atoms with Crippen molar-refractivity contribution in [2.45, 2.75) is 23.8 Å². The molecule has 0 bridgehead atoms. The third kappa shape index (κ3) is 2.47. The van der Waals surface area contributed by atoms with Crippen molar-refractivity contribution in [1.29, 1.82) is 0 Å². The minimum absolute atomic E-state index is 0.0458. The molecular weight excluding hydrogens is 259 g/mol. The van der Waals surface area contributed by atoms with Crippen molar-refractivity contribution in [2.24, 2.45) is 0 Å². The van der Waals surface area contributed by atoms with E-state index in [0.717, 1.165) is 12.1 Å². The number of anilines is 1. The highest BCUT2D eigenvalue weighted by molar-refractivity contribution is 7.89. The van der Waals surface area contributed by atoms with Gasteiger partial charge in [0.05, 0.1) is 16.7 Å². The lowest BCUT2D eigenvalue weighted by molar-refractivity contribution is 0.108. The molecule has 7 heteroatoms. The normalized spacial score (nSPS) is 22.0. The highest BCUT2D eigenvalue weighted by Crippen LogP contribution is 2.23. The van der Waals surface area contributed by atoms with E-state index in [4.69, 9.17) is 5.73 Å². The number of piperidine rings is 1. The maximum atomic E-state index is 13.0. The molecule has 1 aliphatic rings. The summed E-state index contributed by atoms with van der Waals surface area (Å²) in [5.74, 6) is -0.646. The maximum Gasteiger partial charge on any atom is 0.243 e. The summed E-state index contributed by atoms with van der Waals surface area (Å²) in [7, 11) is -3.71. The van der Waals surface area contributed by atoms with Gasteiger partial charge in [0.15, 0.2) is 0 Å². The molecule has 18 heavy (non-hydrogen) atoms. The molecule has 0 aliphatic carbocycles. The smallest absolute Gasteiger partial charge is 0.243 e. The van der Waals surface area contributed by atoms with Gasteiger partial charge in [0, 0.05) is 13.1 Å². The fraction of sp³-hybridized carbons (Fsp3) is 0.455. The largest absolute Gasteiger partial charge is 0.396 e. The molecule has 0 aromatic heterocycles. The fourth-order valence-electron chi connectivity index (χ4n) is 1.97. The zero-order valence-corrected chi connectivity index (χ0v) is 10.5. The highest BCUT2D eigenvalue weighted by Gasteiger charge is 2.29. The molecule has 2 rings (SSSR count). The van der Waals surface area contributed by atoms with E-state index < -0.39 is 21.9 Å². The summed E-state index contributed by atoms with van der Waals surface area (Å²) in [5, 5.41) is 9.50. The van der Waals surface area contributed by atoms with Crippen molar-refractivity contribution < 1.29 is 17.9 Å². The van der Waals surface area contributed by atoms with E-state index in [-0.39, 0.29) is 17.1 Å². The highest BCUT2D eigenvalue weighted by atomic mass is 32.2. The van der Waals surface area contributed by atoms with Gasteiger partial charge in [-0.3, -0.25) is 0 Å². The Bertz CT molecular complexity index is 547. The topological polar surface area (TPSA) is 83.6 Å². The summed E-state index contributed by atoms with van der Waals surface area (Å²) in [6, 6.07) is 3.32. The summed E-state index contributed by atoms with van der Waals surface area (Å²) in [5.41, 5.74) is 5.17. The summed E-state index contributed by atoms with van der Waals surface area (Å²) >= 11 is 0. The Morgan fingerprint density at radius 1 is 1.44 bits per heavy atom. The van der Waals surface area contributed by atoms with Crippen molar-refractivity contribution >= 4 is 15.7 Å². The van der Waals surface area contributed by atoms with Crippen molar-refractivity contribution in [3.8, 4) is 0 Å². The van der Waals surface area contributed by atoms with Crippen LogP contribution in [0.4, 0.5) is 10.1 Å². The second-order valence-corrected chi connectivity index (χ2v) is 6.28. The number of benzene rings is 1. The van der Waals surface area contributed by atoms with Crippen LogP contribution in [0.3, 0.4) is 0 Å². The van der Waals surface area contributed by atoms with E-state index in [9.17, 15) is 17.9 Å². The molecule has 1 fully saturated rings. The van der Waals surface area contributed by atoms with Crippen LogP contribution in [0.25, 0.3) is 0 Å². The first-order chi connectivity index (χ1) is 8.41. The first-order valence-corrected chi connectivity index (χ1v) is 7.08.